The van der Waals surface area contributed by atoms with Gasteiger partial charge in [0.1, 0.15) is 0 Å². The van der Waals surface area contributed by atoms with E-state index in [1.807, 2.05) is 0 Å². The van der Waals surface area contributed by atoms with Crippen LogP contribution in [0.4, 0.5) is 0 Å². The molecule has 0 saturated heterocycles. The van der Waals surface area contributed by atoms with Gasteiger partial charge < -0.3 is 5.32 Å². The van der Waals surface area contributed by atoms with Crippen molar-refractivity contribution in [1.29, 1.82) is 0 Å². The zero-order valence-corrected chi connectivity index (χ0v) is 17.6. The summed E-state index contributed by atoms with van der Waals surface area (Å²) in [6.07, 6.45) is 12.5. The summed E-state index contributed by atoms with van der Waals surface area (Å²) in [7, 11) is 0. The largest absolute Gasteiger partial charge is 0.382 e. The van der Waals surface area contributed by atoms with E-state index in [9.17, 15) is 0 Å². The van der Waals surface area contributed by atoms with E-state index in [0.29, 0.717) is 11.5 Å². The van der Waals surface area contributed by atoms with Gasteiger partial charge in [-0.25, -0.2) is 0 Å². The number of benzene rings is 1. The summed E-state index contributed by atoms with van der Waals surface area (Å²) in [6.45, 7) is 13.7. The second-order valence-corrected chi connectivity index (χ2v) is 8.65. The van der Waals surface area contributed by atoms with Gasteiger partial charge in [0, 0.05) is 11.7 Å². The van der Waals surface area contributed by atoms with Crippen LogP contribution in [0.2, 0.25) is 0 Å². The van der Waals surface area contributed by atoms with Gasteiger partial charge in [0.15, 0.2) is 0 Å². The molecule has 0 bridgehead atoms. The molecule has 0 aliphatic rings. The first-order valence-electron chi connectivity index (χ1n) is 10.4. The third-order valence-electron chi connectivity index (χ3n) is 4.59. The molecule has 25 heavy (non-hydrogen) atoms. The second kappa shape index (κ2) is 11.4. The maximum Gasteiger partial charge on any atom is 0.0482 e. The fraction of sp³-hybridized carbons (Fsp3) is 0.667. The summed E-state index contributed by atoms with van der Waals surface area (Å²) in [5, 5.41) is 3.76. The molecular formula is C24H41N. The number of hydrogen-bond acceptors (Lipinski definition) is 1. The van der Waals surface area contributed by atoms with Gasteiger partial charge in [-0.1, -0.05) is 90.6 Å². The zero-order chi connectivity index (χ0) is 18.7. The highest BCUT2D eigenvalue weighted by Crippen LogP contribution is 2.25. The predicted molar refractivity (Wildman–Crippen MR) is 113 cm³/mol. The van der Waals surface area contributed by atoms with Crippen LogP contribution in [0, 0.1) is 5.41 Å². The lowest BCUT2D eigenvalue weighted by Crippen LogP contribution is -2.22. The Labute approximate surface area is 157 Å². The van der Waals surface area contributed by atoms with Crippen LogP contribution in [0.1, 0.15) is 104 Å². The lowest BCUT2D eigenvalue weighted by Gasteiger charge is -2.25. The number of allylic oxidation sites excluding steroid dienone is 2. The molecule has 0 spiro atoms. The molecule has 1 aromatic carbocycles. The molecule has 0 saturated carbocycles. The number of rotatable bonds is 11. The highest BCUT2D eigenvalue weighted by Gasteiger charge is 2.15. The highest BCUT2D eigenvalue weighted by molar-refractivity contribution is 5.26. The molecule has 0 fully saturated rings. The average Bonchev–Trinajstić information content (AvgIpc) is 2.53. The number of aryl methyl sites for hydroxylation is 1. The summed E-state index contributed by atoms with van der Waals surface area (Å²) in [4.78, 5) is 0. The molecule has 1 aromatic rings. The van der Waals surface area contributed by atoms with Gasteiger partial charge >= 0.3 is 0 Å². The normalized spacial score (nSPS) is 13.8. The van der Waals surface area contributed by atoms with Crippen LogP contribution in [0.5, 0.6) is 0 Å². The van der Waals surface area contributed by atoms with Crippen molar-refractivity contribution in [3.8, 4) is 0 Å². The minimum atomic E-state index is 0.314. The molecular weight excluding hydrogens is 302 g/mol. The van der Waals surface area contributed by atoms with Gasteiger partial charge in [-0.3, -0.25) is 0 Å². The minimum absolute atomic E-state index is 0.314. The molecule has 1 N–H and O–H groups in total. The van der Waals surface area contributed by atoms with Crippen LogP contribution in [0.25, 0.3) is 0 Å². The fourth-order valence-corrected chi connectivity index (χ4v) is 3.31. The van der Waals surface area contributed by atoms with Crippen LogP contribution in [-0.4, -0.2) is 0 Å². The van der Waals surface area contributed by atoms with E-state index in [0.717, 1.165) is 12.8 Å². The Hall–Kier alpha value is -1.24. The monoisotopic (exact) mass is 343 g/mol. The van der Waals surface area contributed by atoms with Gasteiger partial charge in [-0.15, -0.1) is 0 Å². The molecule has 1 unspecified atom stereocenters. The Kier molecular flexibility index (Phi) is 9.93. The minimum Gasteiger partial charge on any atom is -0.382 e. The Morgan fingerprint density at radius 1 is 1.08 bits per heavy atom. The van der Waals surface area contributed by atoms with Crippen LogP contribution < -0.4 is 5.32 Å². The summed E-state index contributed by atoms with van der Waals surface area (Å²) >= 11 is 0. The van der Waals surface area contributed by atoms with Crippen molar-refractivity contribution >= 4 is 0 Å². The molecule has 0 radical (unpaired) electrons. The summed E-state index contributed by atoms with van der Waals surface area (Å²) in [5.74, 6) is 0. The highest BCUT2D eigenvalue weighted by atomic mass is 14.9. The smallest absolute Gasteiger partial charge is 0.0482 e. The first-order valence-corrected chi connectivity index (χ1v) is 10.4. The zero-order valence-electron chi connectivity index (χ0n) is 17.6. The number of unbranched alkanes of at least 4 members (excludes halogenated alkanes) is 4. The third kappa shape index (κ3) is 9.72. The van der Waals surface area contributed by atoms with E-state index in [4.69, 9.17) is 0 Å². The van der Waals surface area contributed by atoms with Gasteiger partial charge in [0.2, 0.25) is 0 Å². The van der Waals surface area contributed by atoms with Crippen LogP contribution in [0.3, 0.4) is 0 Å². The third-order valence-corrected chi connectivity index (χ3v) is 4.59. The summed E-state index contributed by atoms with van der Waals surface area (Å²) < 4.78 is 0. The second-order valence-electron chi connectivity index (χ2n) is 8.65. The molecule has 142 valence electrons. The van der Waals surface area contributed by atoms with Crippen molar-refractivity contribution in [3.05, 3.63) is 47.2 Å². The topological polar surface area (TPSA) is 12.0 Å². The average molecular weight is 344 g/mol. The van der Waals surface area contributed by atoms with Crippen molar-refractivity contribution in [2.24, 2.45) is 5.41 Å². The standard InChI is InChI=1S/C24H41N/c1-7-9-10-11-12-15-21-16-13-17-22(18-21)20(3)25-23(14-8-2)19-24(4,5)6/h13-14,16-18,20,25H,7-12,15,19H2,1-6H3/b23-14+. The molecule has 0 aliphatic carbocycles. The SMILES string of the molecule is CC/C=C(\CC(C)(C)C)NC(C)c1cccc(CCCCCCC)c1. The molecule has 1 heteroatoms. The van der Waals surface area contributed by atoms with Gasteiger partial charge in [-0.2, -0.15) is 0 Å². The van der Waals surface area contributed by atoms with E-state index in [-0.39, 0.29) is 0 Å². The first-order chi connectivity index (χ1) is 11.9. The van der Waals surface area contributed by atoms with Crippen LogP contribution >= 0.6 is 0 Å². The van der Waals surface area contributed by atoms with E-state index >= 15 is 0 Å². The van der Waals surface area contributed by atoms with Crippen LogP contribution in [-0.2, 0) is 6.42 Å². The lowest BCUT2D eigenvalue weighted by atomic mass is 9.89. The molecule has 0 amide bonds. The maximum absolute atomic E-state index is 3.76. The Morgan fingerprint density at radius 2 is 1.80 bits per heavy atom. The molecule has 0 aromatic heterocycles. The van der Waals surface area contributed by atoms with E-state index in [1.165, 1.54) is 55.3 Å². The quantitative estimate of drug-likeness (QED) is 0.408. The molecule has 1 atom stereocenters. The molecule has 0 heterocycles. The Bertz CT molecular complexity index is 507. The fourth-order valence-electron chi connectivity index (χ4n) is 3.31. The summed E-state index contributed by atoms with van der Waals surface area (Å²) in [5.41, 5.74) is 4.59. The van der Waals surface area contributed by atoms with Crippen molar-refractivity contribution in [3.63, 3.8) is 0 Å². The van der Waals surface area contributed by atoms with Crippen molar-refractivity contribution in [1.82, 2.24) is 5.32 Å². The van der Waals surface area contributed by atoms with E-state index in [1.54, 1.807) is 0 Å². The van der Waals surface area contributed by atoms with Gasteiger partial charge in [0.25, 0.3) is 0 Å². The van der Waals surface area contributed by atoms with Gasteiger partial charge in [-0.05, 0) is 49.1 Å². The Morgan fingerprint density at radius 3 is 2.44 bits per heavy atom. The molecule has 1 nitrogen and oxygen atoms in total. The van der Waals surface area contributed by atoms with Crippen molar-refractivity contribution < 1.29 is 0 Å². The Balaban J connectivity index is 2.63. The van der Waals surface area contributed by atoms with E-state index < -0.39 is 0 Å². The van der Waals surface area contributed by atoms with Crippen molar-refractivity contribution in [2.75, 3.05) is 0 Å². The predicted octanol–water partition coefficient (Wildman–Crippen LogP) is 7.58. The lowest BCUT2D eigenvalue weighted by molar-refractivity contribution is 0.391. The summed E-state index contributed by atoms with van der Waals surface area (Å²) in [6, 6.07) is 9.53. The maximum atomic E-state index is 3.76. The number of hydrogen-bond donors (Lipinski definition) is 1. The van der Waals surface area contributed by atoms with Gasteiger partial charge in [0.05, 0.1) is 0 Å². The molecule has 0 aliphatic heterocycles. The number of nitrogens with one attached hydrogen (secondary N) is 1. The van der Waals surface area contributed by atoms with Crippen molar-refractivity contribution in [2.45, 2.75) is 99.0 Å². The first kappa shape index (κ1) is 21.8. The molecule has 1 rings (SSSR count). The van der Waals surface area contributed by atoms with Crippen LogP contribution in [0.15, 0.2) is 36.0 Å². The van der Waals surface area contributed by atoms with E-state index in [2.05, 4.69) is 77.2 Å².